The molecule has 11 aromatic rings. The Morgan fingerprint density at radius 2 is 0.887 bits per heavy atom. The molecule has 1 fully saturated rings. The first-order valence-electron chi connectivity index (χ1n) is 25.6. The third-order valence-corrected chi connectivity index (χ3v) is 16.0. The average Bonchev–Trinajstić information content (AvgIpc) is 3.71. The van der Waals surface area contributed by atoms with Gasteiger partial charge in [0.25, 0.3) is 0 Å². The smallest absolute Gasteiger partial charge is 0.0546 e. The number of nitrogens with zero attached hydrogens (tertiary/aromatic N) is 1. The Balaban J connectivity index is 1.10. The Labute approximate surface area is 418 Å². The van der Waals surface area contributed by atoms with Gasteiger partial charge >= 0.3 is 0 Å². The van der Waals surface area contributed by atoms with E-state index in [-0.39, 0.29) is 5.41 Å². The second kappa shape index (κ2) is 17.9. The summed E-state index contributed by atoms with van der Waals surface area (Å²) in [6, 6.07) is 93.2. The first kappa shape index (κ1) is 42.8. The third kappa shape index (κ3) is 7.30. The number of fused-ring (bicyclic) bond motifs is 5. The van der Waals surface area contributed by atoms with Crippen LogP contribution in [0.1, 0.15) is 67.2 Å². The van der Waals surface area contributed by atoms with Crippen LogP contribution in [0.15, 0.2) is 249 Å². The zero-order valence-electron chi connectivity index (χ0n) is 40.2. The molecule has 0 heterocycles. The molecular weight excluding hydrogens is 855 g/mol. The van der Waals surface area contributed by atoms with Crippen LogP contribution in [-0.2, 0) is 5.41 Å². The van der Waals surface area contributed by atoms with Gasteiger partial charge in [-0.1, -0.05) is 244 Å². The SMILES string of the molecule is CC1(c2ccccc2)c2ccccc2-c2ccc(-c3ccccc3N(c3cc(-c4cccc5ccccc45)ccc3-c3ccccc3)c3ccccc3-c3cccc4cccc(C5CCCCC5)c34)cc21. The molecule has 0 bridgehead atoms. The van der Waals surface area contributed by atoms with E-state index in [4.69, 9.17) is 0 Å². The highest BCUT2D eigenvalue weighted by molar-refractivity contribution is 6.06. The maximum absolute atomic E-state index is 2.60. The summed E-state index contributed by atoms with van der Waals surface area (Å²) >= 11 is 0. The van der Waals surface area contributed by atoms with E-state index >= 15 is 0 Å². The Hall–Kier alpha value is -8.26. The third-order valence-electron chi connectivity index (χ3n) is 16.0. The standard InChI is InChI=1S/C70H55N/c1-70(54-30-9-4-10-31-54)64-39-16-13-34-60(64)61-45-43-52(46-65(61)70)57-33-14-17-40-66(57)71(67-41-18-15-35-62(67)63-38-21-29-51-28-20-37-59(69(51)63)50-24-7-3-8-25-50)68-47-53(42-44-58(68)49-22-5-2-6-23-49)56-36-19-27-48-26-11-12-32-55(48)56/h2,4-6,9-23,26-47,50H,3,7-8,24-25H2,1H3. The van der Waals surface area contributed by atoms with Crippen LogP contribution in [0.4, 0.5) is 17.1 Å². The van der Waals surface area contributed by atoms with E-state index in [0.29, 0.717) is 5.92 Å². The van der Waals surface area contributed by atoms with Gasteiger partial charge in [-0.2, -0.15) is 0 Å². The van der Waals surface area contributed by atoms with Crippen molar-refractivity contribution >= 4 is 38.6 Å². The zero-order valence-corrected chi connectivity index (χ0v) is 40.2. The lowest BCUT2D eigenvalue weighted by Gasteiger charge is -2.33. The summed E-state index contributed by atoms with van der Waals surface area (Å²) in [4.78, 5) is 2.60. The lowest BCUT2D eigenvalue weighted by molar-refractivity contribution is 0.445. The molecule has 0 N–H and O–H groups in total. The summed E-state index contributed by atoms with van der Waals surface area (Å²) in [7, 11) is 0. The topological polar surface area (TPSA) is 3.24 Å². The van der Waals surface area contributed by atoms with Gasteiger partial charge in [0.1, 0.15) is 0 Å². The van der Waals surface area contributed by atoms with Crippen LogP contribution in [-0.4, -0.2) is 0 Å². The molecule has 13 rings (SSSR count). The van der Waals surface area contributed by atoms with E-state index in [1.807, 2.05) is 0 Å². The fraction of sp³-hybridized carbons (Fsp3) is 0.114. The van der Waals surface area contributed by atoms with Crippen LogP contribution in [0.3, 0.4) is 0 Å². The normalized spacial score (nSPS) is 15.4. The van der Waals surface area contributed by atoms with E-state index in [1.54, 1.807) is 0 Å². The second-order valence-corrected chi connectivity index (χ2v) is 19.9. The minimum Gasteiger partial charge on any atom is -0.309 e. The molecule has 0 amide bonds. The Morgan fingerprint density at radius 3 is 1.68 bits per heavy atom. The maximum Gasteiger partial charge on any atom is 0.0546 e. The Morgan fingerprint density at radius 1 is 0.352 bits per heavy atom. The molecular formula is C70H55N. The van der Waals surface area contributed by atoms with Gasteiger partial charge in [0, 0.05) is 22.1 Å². The van der Waals surface area contributed by atoms with Crippen LogP contribution >= 0.6 is 0 Å². The van der Waals surface area contributed by atoms with Crippen molar-refractivity contribution in [3.63, 3.8) is 0 Å². The minimum absolute atomic E-state index is 0.331. The van der Waals surface area contributed by atoms with Crippen LogP contribution in [0.5, 0.6) is 0 Å². The molecule has 1 unspecified atom stereocenters. The number of hydrogen-bond acceptors (Lipinski definition) is 1. The van der Waals surface area contributed by atoms with Crippen molar-refractivity contribution in [1.29, 1.82) is 0 Å². The van der Waals surface area contributed by atoms with E-state index in [9.17, 15) is 0 Å². The molecule has 11 aromatic carbocycles. The van der Waals surface area contributed by atoms with Gasteiger partial charge in [-0.25, -0.2) is 0 Å². The fourth-order valence-electron chi connectivity index (χ4n) is 12.5. The number of para-hydroxylation sites is 2. The monoisotopic (exact) mass is 909 g/mol. The molecule has 0 aromatic heterocycles. The van der Waals surface area contributed by atoms with Gasteiger partial charge < -0.3 is 4.90 Å². The van der Waals surface area contributed by atoms with Gasteiger partial charge in [-0.3, -0.25) is 0 Å². The number of anilines is 3. The van der Waals surface area contributed by atoms with E-state index in [1.165, 1.54) is 132 Å². The van der Waals surface area contributed by atoms with Crippen LogP contribution in [0, 0.1) is 0 Å². The first-order valence-corrected chi connectivity index (χ1v) is 25.6. The summed E-state index contributed by atoms with van der Waals surface area (Å²) < 4.78 is 0. The van der Waals surface area contributed by atoms with E-state index in [0.717, 1.165) is 17.1 Å². The Bertz CT molecular complexity index is 3760. The molecule has 0 spiro atoms. The number of benzene rings is 11. The minimum atomic E-state index is -0.331. The van der Waals surface area contributed by atoms with Crippen molar-refractivity contribution in [2.75, 3.05) is 4.90 Å². The van der Waals surface area contributed by atoms with Gasteiger partial charge in [-0.05, 0) is 133 Å². The number of hydrogen-bond donors (Lipinski definition) is 0. The first-order chi connectivity index (χ1) is 35.1. The van der Waals surface area contributed by atoms with Crippen molar-refractivity contribution in [2.45, 2.75) is 50.4 Å². The van der Waals surface area contributed by atoms with Crippen LogP contribution in [0.2, 0.25) is 0 Å². The highest BCUT2D eigenvalue weighted by atomic mass is 15.1. The molecule has 2 aliphatic rings. The predicted molar refractivity (Wildman–Crippen MR) is 301 cm³/mol. The summed E-state index contributed by atoms with van der Waals surface area (Å²) in [5.41, 5.74) is 20.7. The quantitative estimate of drug-likeness (QED) is 0.139. The highest BCUT2D eigenvalue weighted by Crippen LogP contribution is 2.55. The maximum atomic E-state index is 2.60. The van der Waals surface area contributed by atoms with E-state index < -0.39 is 0 Å². The molecule has 0 aliphatic heterocycles. The van der Waals surface area contributed by atoms with Crippen molar-refractivity contribution in [3.05, 3.63) is 271 Å². The Kier molecular flexibility index (Phi) is 10.8. The van der Waals surface area contributed by atoms with E-state index in [2.05, 4.69) is 261 Å². The van der Waals surface area contributed by atoms with Crippen LogP contribution in [0.25, 0.3) is 77.2 Å². The molecule has 1 nitrogen and oxygen atoms in total. The lowest BCUT2D eigenvalue weighted by atomic mass is 9.74. The predicted octanol–water partition coefficient (Wildman–Crippen LogP) is 19.5. The van der Waals surface area contributed by atoms with Gasteiger partial charge in [0.15, 0.2) is 0 Å². The summed E-state index contributed by atoms with van der Waals surface area (Å²) in [6.07, 6.45) is 6.39. The van der Waals surface area contributed by atoms with Crippen LogP contribution < -0.4 is 4.90 Å². The molecule has 340 valence electrons. The van der Waals surface area contributed by atoms with Crippen molar-refractivity contribution in [2.24, 2.45) is 0 Å². The average molecular weight is 910 g/mol. The van der Waals surface area contributed by atoms with Crippen molar-refractivity contribution < 1.29 is 0 Å². The van der Waals surface area contributed by atoms with Crippen molar-refractivity contribution in [3.8, 4) is 55.6 Å². The van der Waals surface area contributed by atoms with Gasteiger partial charge in [0.2, 0.25) is 0 Å². The molecule has 0 saturated heterocycles. The lowest BCUT2D eigenvalue weighted by Crippen LogP contribution is -2.22. The molecule has 1 heteroatoms. The summed E-state index contributed by atoms with van der Waals surface area (Å²) in [5.74, 6) is 0.548. The molecule has 71 heavy (non-hydrogen) atoms. The fourth-order valence-corrected chi connectivity index (χ4v) is 12.5. The summed E-state index contributed by atoms with van der Waals surface area (Å²) in [6.45, 7) is 2.42. The largest absolute Gasteiger partial charge is 0.309 e. The highest BCUT2D eigenvalue weighted by Gasteiger charge is 2.41. The summed E-state index contributed by atoms with van der Waals surface area (Å²) in [5, 5.41) is 5.16. The zero-order chi connectivity index (χ0) is 47.3. The molecule has 2 aliphatic carbocycles. The van der Waals surface area contributed by atoms with Gasteiger partial charge in [-0.15, -0.1) is 0 Å². The number of rotatable bonds is 9. The van der Waals surface area contributed by atoms with Gasteiger partial charge in [0.05, 0.1) is 17.1 Å². The second-order valence-electron chi connectivity index (χ2n) is 19.9. The molecule has 1 atom stereocenters. The van der Waals surface area contributed by atoms with Crippen molar-refractivity contribution in [1.82, 2.24) is 0 Å². The molecule has 0 radical (unpaired) electrons. The molecule has 1 saturated carbocycles.